The van der Waals surface area contributed by atoms with Crippen molar-refractivity contribution in [1.82, 2.24) is 14.7 Å². The fourth-order valence-electron chi connectivity index (χ4n) is 4.30. The molecule has 0 radical (unpaired) electrons. The summed E-state index contributed by atoms with van der Waals surface area (Å²) in [6, 6.07) is 23.6. The highest BCUT2D eigenvalue weighted by Gasteiger charge is 2.16. The van der Waals surface area contributed by atoms with Crippen molar-refractivity contribution in [2.45, 2.75) is 19.8 Å². The zero-order valence-corrected chi connectivity index (χ0v) is 21.2. The molecule has 182 valence electrons. The minimum atomic E-state index is 0.150. The first-order valence-electron chi connectivity index (χ1n) is 12.2. The summed E-state index contributed by atoms with van der Waals surface area (Å²) in [5, 5.41) is 15.2. The molecule has 5 heteroatoms. The first-order chi connectivity index (χ1) is 17.0. The second kappa shape index (κ2) is 11.3. The molecule has 0 saturated carbocycles. The van der Waals surface area contributed by atoms with Gasteiger partial charge in [-0.05, 0) is 79.9 Å². The smallest absolute Gasteiger partial charge is 0.119 e. The maximum Gasteiger partial charge on any atom is 0.119 e. The normalized spacial score (nSPS) is 12.3. The van der Waals surface area contributed by atoms with E-state index in [0.717, 1.165) is 46.3 Å². The zero-order valence-electron chi connectivity index (χ0n) is 21.2. The van der Waals surface area contributed by atoms with Crippen LogP contribution >= 0.6 is 0 Å². The number of aromatic nitrogens is 2. The number of nitrogens with zero attached hydrogens (tertiary/aromatic N) is 3. The third kappa shape index (κ3) is 5.99. The van der Waals surface area contributed by atoms with Gasteiger partial charge in [0.15, 0.2) is 0 Å². The molecule has 0 spiro atoms. The minimum absolute atomic E-state index is 0.150. The van der Waals surface area contributed by atoms with Crippen LogP contribution in [0.25, 0.3) is 22.0 Å². The molecule has 3 aromatic carbocycles. The van der Waals surface area contributed by atoms with Crippen LogP contribution in [0.3, 0.4) is 0 Å². The monoisotopic (exact) mass is 469 g/mol. The van der Waals surface area contributed by atoms with Crippen molar-refractivity contribution in [2.24, 2.45) is 7.05 Å². The molecule has 35 heavy (non-hydrogen) atoms. The molecule has 0 fully saturated rings. The van der Waals surface area contributed by atoms with Crippen molar-refractivity contribution in [1.29, 1.82) is 0 Å². The van der Waals surface area contributed by atoms with E-state index in [1.54, 1.807) is 0 Å². The Kier molecular flexibility index (Phi) is 8.01. The summed E-state index contributed by atoms with van der Waals surface area (Å²) in [7, 11) is 6.06. The topological polar surface area (TPSA) is 50.5 Å². The summed E-state index contributed by atoms with van der Waals surface area (Å²) in [5.41, 5.74) is 8.16. The summed E-state index contributed by atoms with van der Waals surface area (Å²) in [6.07, 6.45) is 3.36. The fraction of sp³-hybridized carbons (Fsp3) is 0.300. The summed E-state index contributed by atoms with van der Waals surface area (Å²) in [4.78, 5) is 2.11. The predicted octanol–water partition coefficient (Wildman–Crippen LogP) is 5.55. The second-order valence-electron chi connectivity index (χ2n) is 9.26. The lowest BCUT2D eigenvalue weighted by atomic mass is 9.86. The van der Waals surface area contributed by atoms with Crippen molar-refractivity contribution in [3.63, 3.8) is 0 Å². The number of rotatable bonds is 10. The lowest BCUT2D eigenvalue weighted by Gasteiger charge is -2.18. The summed E-state index contributed by atoms with van der Waals surface area (Å²) in [6.45, 7) is 3.78. The van der Waals surface area contributed by atoms with Crippen LogP contribution in [0, 0.1) is 6.92 Å². The Bertz CT molecular complexity index is 1290. The highest BCUT2D eigenvalue weighted by molar-refractivity contribution is 6.00. The number of aryl methyl sites for hydroxylation is 2. The van der Waals surface area contributed by atoms with Gasteiger partial charge in [0.1, 0.15) is 12.4 Å². The van der Waals surface area contributed by atoms with Gasteiger partial charge in [0.25, 0.3) is 0 Å². The number of benzene rings is 3. The van der Waals surface area contributed by atoms with Gasteiger partial charge in [-0.15, -0.1) is 0 Å². The quantitative estimate of drug-likeness (QED) is 0.309. The first-order valence-corrected chi connectivity index (χ1v) is 12.2. The maximum absolute atomic E-state index is 9.71. The minimum Gasteiger partial charge on any atom is -0.492 e. The van der Waals surface area contributed by atoms with Gasteiger partial charge in [-0.2, -0.15) is 5.10 Å². The highest BCUT2D eigenvalue weighted by atomic mass is 16.5. The van der Waals surface area contributed by atoms with Crippen molar-refractivity contribution in [2.75, 3.05) is 33.9 Å². The number of hydrogen-bond acceptors (Lipinski definition) is 4. The largest absolute Gasteiger partial charge is 0.492 e. The van der Waals surface area contributed by atoms with Gasteiger partial charge in [-0.1, -0.05) is 54.1 Å². The van der Waals surface area contributed by atoms with Crippen LogP contribution in [0.2, 0.25) is 0 Å². The molecule has 0 atom stereocenters. The number of likely N-dealkylation sites (N-methyl/N-ethyl adjacent to an activating group) is 1. The lowest BCUT2D eigenvalue weighted by molar-refractivity contribution is 0.261. The van der Waals surface area contributed by atoms with Gasteiger partial charge < -0.3 is 14.7 Å². The van der Waals surface area contributed by atoms with E-state index in [1.807, 2.05) is 44.2 Å². The second-order valence-corrected chi connectivity index (χ2v) is 9.26. The zero-order chi connectivity index (χ0) is 24.8. The molecular formula is C30H35N3O2. The molecule has 0 aliphatic rings. The van der Waals surface area contributed by atoms with Gasteiger partial charge in [0, 0.05) is 25.6 Å². The van der Waals surface area contributed by atoms with E-state index >= 15 is 0 Å². The van der Waals surface area contributed by atoms with Crippen molar-refractivity contribution in [3.05, 3.63) is 95.2 Å². The number of ether oxygens (including phenoxy) is 1. The Morgan fingerprint density at radius 1 is 0.943 bits per heavy atom. The van der Waals surface area contributed by atoms with Gasteiger partial charge in [-0.3, -0.25) is 4.68 Å². The predicted molar refractivity (Wildman–Crippen MR) is 145 cm³/mol. The van der Waals surface area contributed by atoms with Crippen molar-refractivity contribution in [3.8, 4) is 5.75 Å². The third-order valence-electron chi connectivity index (χ3n) is 6.27. The molecule has 1 N–H and O–H groups in total. The molecule has 0 amide bonds. The van der Waals surface area contributed by atoms with E-state index in [4.69, 9.17) is 4.74 Å². The molecule has 4 rings (SSSR count). The molecule has 0 aliphatic heterocycles. The molecule has 1 heterocycles. The fourth-order valence-corrected chi connectivity index (χ4v) is 4.30. The van der Waals surface area contributed by atoms with Gasteiger partial charge in [0.2, 0.25) is 0 Å². The van der Waals surface area contributed by atoms with Crippen LogP contribution in [0.1, 0.15) is 35.1 Å². The molecule has 0 saturated heterocycles. The maximum atomic E-state index is 9.71. The SMILES string of the molecule is Cc1ccc(C(=C(CCCO)c2ccc3cnn(C)c3c2)c2ccc(OCCN(C)C)cc2)cc1. The molecule has 0 bridgehead atoms. The molecule has 0 aliphatic carbocycles. The van der Waals surface area contributed by atoms with E-state index in [0.29, 0.717) is 13.0 Å². The van der Waals surface area contributed by atoms with Crippen LogP contribution < -0.4 is 4.74 Å². The van der Waals surface area contributed by atoms with Gasteiger partial charge in [-0.25, -0.2) is 0 Å². The summed E-state index contributed by atoms with van der Waals surface area (Å²) in [5.74, 6) is 0.868. The Balaban J connectivity index is 1.83. The molecule has 5 nitrogen and oxygen atoms in total. The number of aliphatic hydroxyl groups excluding tert-OH is 1. The molecule has 4 aromatic rings. The van der Waals surface area contributed by atoms with Gasteiger partial charge >= 0.3 is 0 Å². The van der Waals surface area contributed by atoms with Crippen LogP contribution in [0.15, 0.2) is 72.9 Å². The number of hydrogen-bond donors (Lipinski definition) is 1. The molecule has 0 unspecified atom stereocenters. The average Bonchev–Trinajstić information content (AvgIpc) is 3.23. The first kappa shape index (κ1) is 24.7. The van der Waals surface area contributed by atoms with Crippen LogP contribution in [0.4, 0.5) is 0 Å². The van der Waals surface area contributed by atoms with Crippen molar-refractivity contribution >= 4 is 22.0 Å². The Morgan fingerprint density at radius 3 is 2.26 bits per heavy atom. The number of fused-ring (bicyclic) bond motifs is 1. The number of allylic oxidation sites excluding steroid dienone is 1. The summed E-state index contributed by atoms with van der Waals surface area (Å²) >= 11 is 0. The van der Waals surface area contributed by atoms with E-state index < -0.39 is 0 Å². The van der Waals surface area contributed by atoms with Crippen LogP contribution in [-0.2, 0) is 7.05 Å². The summed E-state index contributed by atoms with van der Waals surface area (Å²) < 4.78 is 7.85. The number of aliphatic hydroxyl groups is 1. The van der Waals surface area contributed by atoms with Crippen LogP contribution in [-0.4, -0.2) is 53.6 Å². The molecular weight excluding hydrogens is 434 g/mol. The van der Waals surface area contributed by atoms with Crippen molar-refractivity contribution < 1.29 is 9.84 Å². The van der Waals surface area contributed by atoms with E-state index in [-0.39, 0.29) is 6.61 Å². The Morgan fingerprint density at radius 2 is 1.60 bits per heavy atom. The van der Waals surface area contributed by atoms with Gasteiger partial charge in [0.05, 0.1) is 11.7 Å². The van der Waals surface area contributed by atoms with E-state index in [1.165, 1.54) is 16.7 Å². The third-order valence-corrected chi connectivity index (χ3v) is 6.27. The Hall–Kier alpha value is -3.41. The standard InChI is InChI=1S/C30H35N3O2/c1-22-7-9-23(10-8-22)30(24-13-15-27(16-14-24)35-19-17-32(2)3)28(6-5-18-34)25-11-12-26-21-31-33(4)29(26)20-25/h7-16,20-21,34H,5-6,17-19H2,1-4H3. The lowest BCUT2D eigenvalue weighted by Crippen LogP contribution is -2.19. The Labute approximate surface area is 208 Å². The van der Waals surface area contributed by atoms with E-state index in [9.17, 15) is 5.11 Å². The van der Waals surface area contributed by atoms with Crippen LogP contribution in [0.5, 0.6) is 5.75 Å². The molecule has 1 aromatic heterocycles. The average molecular weight is 470 g/mol. The highest BCUT2D eigenvalue weighted by Crippen LogP contribution is 2.37. The van der Waals surface area contributed by atoms with E-state index in [2.05, 4.69) is 71.5 Å².